The van der Waals surface area contributed by atoms with Gasteiger partial charge in [-0.05, 0) is 78.3 Å². The van der Waals surface area contributed by atoms with E-state index in [4.69, 9.17) is 9.47 Å². The Kier molecular flexibility index (Phi) is 7.89. The van der Waals surface area contributed by atoms with Gasteiger partial charge in [-0.15, -0.1) is 0 Å². The molecule has 0 aromatic heterocycles. The molecule has 0 aliphatic heterocycles. The summed E-state index contributed by atoms with van der Waals surface area (Å²) in [5, 5.41) is 0. The van der Waals surface area contributed by atoms with Crippen LogP contribution >= 0.6 is 0 Å². The van der Waals surface area contributed by atoms with Crippen LogP contribution in [0.5, 0.6) is 11.5 Å². The molecule has 0 amide bonds. The molecule has 3 rings (SSSR count). The molecule has 172 valence electrons. The zero-order valence-electron chi connectivity index (χ0n) is 18.9. The van der Waals surface area contributed by atoms with Crippen molar-refractivity contribution in [3.63, 3.8) is 0 Å². The van der Waals surface area contributed by atoms with Crippen molar-refractivity contribution in [3.05, 3.63) is 58.7 Å². The van der Waals surface area contributed by atoms with E-state index in [-0.39, 0.29) is 13.2 Å². The van der Waals surface area contributed by atoms with Crippen molar-refractivity contribution in [2.24, 2.45) is 0 Å². The number of esters is 1. The fraction of sp³-hybridized carbons (Fsp3) is 0.423. The summed E-state index contributed by atoms with van der Waals surface area (Å²) in [6.45, 7) is 2.90. The Hall–Kier alpha value is -2.89. The quantitative estimate of drug-likeness (QED) is 0.430. The molecule has 32 heavy (non-hydrogen) atoms. The predicted octanol–water partition coefficient (Wildman–Crippen LogP) is 6.24. The molecule has 6 heteroatoms. The fourth-order valence-electron chi connectivity index (χ4n) is 3.88. The predicted molar refractivity (Wildman–Crippen MR) is 121 cm³/mol. The summed E-state index contributed by atoms with van der Waals surface area (Å²) in [4.78, 5) is 10.7. The molecule has 0 bridgehead atoms. The largest absolute Gasteiger partial charge is 0.497 e. The molecular weight excluding hydrogens is 414 g/mol. The van der Waals surface area contributed by atoms with E-state index in [0.717, 1.165) is 36.1 Å². The first-order valence-electron chi connectivity index (χ1n) is 10.9. The summed E-state index contributed by atoms with van der Waals surface area (Å²) in [6, 6.07) is 11.9. The van der Waals surface area contributed by atoms with Gasteiger partial charge in [0.1, 0.15) is 11.5 Å². The second-order valence-electron chi connectivity index (χ2n) is 8.11. The first-order valence-corrected chi connectivity index (χ1v) is 10.9. The molecule has 0 heterocycles. The first kappa shape index (κ1) is 23.8. The van der Waals surface area contributed by atoms with Crippen molar-refractivity contribution in [2.45, 2.75) is 51.9 Å². The molecule has 1 aliphatic carbocycles. The fourth-order valence-corrected chi connectivity index (χ4v) is 3.88. The minimum atomic E-state index is -2.94. The number of allylic oxidation sites excluding steroid dienone is 1. The average Bonchev–Trinajstić information content (AvgIpc) is 2.95. The highest BCUT2D eigenvalue weighted by molar-refractivity contribution is 5.84. The normalized spacial score (nSPS) is 13.6. The lowest BCUT2D eigenvalue weighted by atomic mass is 9.96. The van der Waals surface area contributed by atoms with Gasteiger partial charge in [0.2, 0.25) is 0 Å². The van der Waals surface area contributed by atoms with Crippen molar-refractivity contribution in [1.29, 1.82) is 0 Å². The SMILES string of the molecule is COc1ccc(C2=Cc3ccc(OCCC(F)(F)CCOC(C)=O)cc3CCC2)c(C)c1. The lowest BCUT2D eigenvalue weighted by Crippen LogP contribution is -2.22. The molecule has 0 fully saturated rings. The second-order valence-corrected chi connectivity index (χ2v) is 8.11. The van der Waals surface area contributed by atoms with Gasteiger partial charge in [0.25, 0.3) is 5.92 Å². The van der Waals surface area contributed by atoms with E-state index in [1.54, 1.807) is 7.11 Å². The zero-order valence-corrected chi connectivity index (χ0v) is 18.9. The van der Waals surface area contributed by atoms with Crippen molar-refractivity contribution >= 4 is 17.6 Å². The number of hydrogen-bond donors (Lipinski definition) is 0. The summed E-state index contributed by atoms with van der Waals surface area (Å²) in [5.74, 6) is -2.05. The monoisotopic (exact) mass is 444 g/mol. The summed E-state index contributed by atoms with van der Waals surface area (Å²) >= 11 is 0. The van der Waals surface area contributed by atoms with Gasteiger partial charge in [-0.25, -0.2) is 8.78 Å². The third-order valence-corrected chi connectivity index (χ3v) is 5.63. The van der Waals surface area contributed by atoms with Gasteiger partial charge in [0.15, 0.2) is 0 Å². The van der Waals surface area contributed by atoms with E-state index >= 15 is 0 Å². The number of ether oxygens (including phenoxy) is 3. The van der Waals surface area contributed by atoms with E-state index in [2.05, 4.69) is 23.8 Å². The summed E-state index contributed by atoms with van der Waals surface area (Å²) in [6.07, 6.45) is 4.16. The van der Waals surface area contributed by atoms with Gasteiger partial charge in [0.05, 0.1) is 20.3 Å². The third kappa shape index (κ3) is 6.55. The number of carbonyl (C=O) groups is 1. The Balaban J connectivity index is 1.64. The van der Waals surface area contributed by atoms with Crippen LogP contribution in [0.15, 0.2) is 36.4 Å². The molecule has 0 atom stereocenters. The molecule has 4 nitrogen and oxygen atoms in total. The van der Waals surface area contributed by atoms with E-state index < -0.39 is 24.7 Å². The number of carbonyl (C=O) groups excluding carboxylic acids is 1. The minimum Gasteiger partial charge on any atom is -0.497 e. The molecule has 0 spiro atoms. The Labute approximate surface area is 188 Å². The lowest BCUT2D eigenvalue weighted by Gasteiger charge is -2.17. The van der Waals surface area contributed by atoms with Gasteiger partial charge >= 0.3 is 5.97 Å². The van der Waals surface area contributed by atoms with Crippen LogP contribution in [0.3, 0.4) is 0 Å². The van der Waals surface area contributed by atoms with Gasteiger partial charge in [-0.2, -0.15) is 0 Å². The summed E-state index contributed by atoms with van der Waals surface area (Å²) in [7, 11) is 1.67. The van der Waals surface area contributed by atoms with Crippen LogP contribution in [0.1, 0.15) is 54.9 Å². The first-order chi connectivity index (χ1) is 15.3. The van der Waals surface area contributed by atoms with Crippen molar-refractivity contribution in [2.75, 3.05) is 20.3 Å². The molecule has 0 saturated heterocycles. The van der Waals surface area contributed by atoms with Gasteiger partial charge in [-0.1, -0.05) is 18.2 Å². The molecule has 0 radical (unpaired) electrons. The Bertz CT molecular complexity index is 982. The van der Waals surface area contributed by atoms with Gasteiger partial charge in [0, 0.05) is 19.8 Å². The molecule has 2 aromatic carbocycles. The van der Waals surface area contributed by atoms with Crippen LogP contribution in [-0.4, -0.2) is 32.2 Å². The highest BCUT2D eigenvalue weighted by Crippen LogP contribution is 2.34. The number of hydrogen-bond acceptors (Lipinski definition) is 4. The van der Waals surface area contributed by atoms with Crippen LogP contribution in [0, 0.1) is 6.92 Å². The minimum absolute atomic E-state index is 0.0992. The molecule has 0 N–H and O–H groups in total. The van der Waals surface area contributed by atoms with Crippen LogP contribution in [0.4, 0.5) is 8.78 Å². The highest BCUT2D eigenvalue weighted by Gasteiger charge is 2.29. The lowest BCUT2D eigenvalue weighted by molar-refractivity contribution is -0.143. The van der Waals surface area contributed by atoms with E-state index in [9.17, 15) is 13.6 Å². The topological polar surface area (TPSA) is 44.8 Å². The maximum Gasteiger partial charge on any atom is 0.302 e. The molecule has 2 aromatic rings. The maximum atomic E-state index is 13.9. The number of alkyl halides is 2. The molecular formula is C26H30F2O4. The Morgan fingerprint density at radius 2 is 1.78 bits per heavy atom. The highest BCUT2D eigenvalue weighted by atomic mass is 19.3. The number of fused-ring (bicyclic) bond motifs is 1. The molecule has 1 aliphatic rings. The van der Waals surface area contributed by atoms with Crippen molar-refractivity contribution < 1.29 is 27.8 Å². The van der Waals surface area contributed by atoms with Crippen LogP contribution in [-0.2, 0) is 16.0 Å². The Morgan fingerprint density at radius 3 is 2.50 bits per heavy atom. The number of aryl methyl sites for hydroxylation is 2. The molecule has 0 saturated carbocycles. The molecule has 0 unspecified atom stereocenters. The zero-order chi connectivity index (χ0) is 23.1. The van der Waals surface area contributed by atoms with E-state index in [0.29, 0.717) is 5.75 Å². The summed E-state index contributed by atoms with van der Waals surface area (Å²) in [5.41, 5.74) is 5.96. The average molecular weight is 445 g/mol. The van der Waals surface area contributed by atoms with Gasteiger partial charge < -0.3 is 14.2 Å². The second kappa shape index (κ2) is 10.6. The van der Waals surface area contributed by atoms with Gasteiger partial charge in [-0.3, -0.25) is 4.79 Å². The third-order valence-electron chi connectivity index (χ3n) is 5.63. The van der Waals surface area contributed by atoms with Crippen molar-refractivity contribution in [3.8, 4) is 11.5 Å². The number of benzene rings is 2. The number of rotatable bonds is 9. The number of halogens is 2. The van der Waals surface area contributed by atoms with Crippen molar-refractivity contribution in [1.82, 2.24) is 0 Å². The smallest absolute Gasteiger partial charge is 0.302 e. The number of methoxy groups -OCH3 is 1. The van der Waals surface area contributed by atoms with Crippen LogP contribution in [0.2, 0.25) is 0 Å². The standard InChI is InChI=1S/C26H30F2O4/c1-18-15-23(30-3)9-10-25(18)22-6-4-5-20-17-24(8-7-21(20)16-22)32-14-12-26(27,28)11-13-31-19(2)29/h7-10,15-17H,4-6,11-14H2,1-3H3. The van der Waals surface area contributed by atoms with Crippen LogP contribution in [0.25, 0.3) is 11.6 Å². The Morgan fingerprint density at radius 1 is 1.03 bits per heavy atom. The van der Waals surface area contributed by atoms with Crippen LogP contribution < -0.4 is 9.47 Å². The maximum absolute atomic E-state index is 13.9. The van der Waals surface area contributed by atoms with E-state index in [1.165, 1.54) is 23.6 Å². The summed E-state index contributed by atoms with van der Waals surface area (Å²) < 4.78 is 43.3. The van der Waals surface area contributed by atoms with E-state index in [1.807, 2.05) is 30.3 Å².